The van der Waals surface area contributed by atoms with Crippen LogP contribution in [0.5, 0.6) is 0 Å². The Morgan fingerprint density at radius 3 is 2.55 bits per heavy atom. The van der Waals surface area contributed by atoms with Gasteiger partial charge in [0.05, 0.1) is 11.5 Å². The van der Waals surface area contributed by atoms with Crippen LogP contribution >= 0.6 is 28.1 Å². The number of nitrogens with one attached hydrogen (secondary N) is 2. The highest BCUT2D eigenvalue weighted by Crippen LogP contribution is 2.31. The molecule has 4 rings (SSSR count). The Hall–Kier alpha value is -3.24. The Balaban J connectivity index is 1.36. The van der Waals surface area contributed by atoms with Gasteiger partial charge in [0.15, 0.2) is 5.11 Å². The van der Waals surface area contributed by atoms with Crippen LogP contribution in [0, 0.1) is 10.1 Å². The highest BCUT2D eigenvalue weighted by Gasteiger charge is 2.24. The first-order chi connectivity index (χ1) is 15.9. The molecule has 0 atom stereocenters. The van der Waals surface area contributed by atoms with Crippen molar-refractivity contribution in [2.75, 3.05) is 18.0 Å². The van der Waals surface area contributed by atoms with Crippen molar-refractivity contribution in [1.29, 1.82) is 0 Å². The van der Waals surface area contributed by atoms with E-state index in [1.54, 1.807) is 12.1 Å². The predicted octanol–water partition coefficient (Wildman–Crippen LogP) is 5.02. The maximum atomic E-state index is 12.6. The quantitative estimate of drug-likeness (QED) is 0.263. The number of nitro benzene ring substituents is 1. The molecule has 10 heteroatoms. The van der Waals surface area contributed by atoms with E-state index in [1.807, 2.05) is 41.3 Å². The lowest BCUT2D eigenvalue weighted by molar-refractivity contribution is -0.384. The molecule has 1 aromatic heterocycles. The first-order valence-electron chi connectivity index (χ1n) is 10.4. The Bertz CT molecular complexity index is 1190. The number of hydrogen-bond acceptors (Lipinski definition) is 6. The van der Waals surface area contributed by atoms with Gasteiger partial charge in [-0.25, -0.2) is 0 Å². The van der Waals surface area contributed by atoms with E-state index < -0.39 is 10.8 Å². The molecule has 2 N–H and O–H groups in total. The molecule has 0 spiro atoms. The SMILES string of the molecule is O=C(NC(=S)NCc1ccc(-c2ccc(Br)cc2)o1)c1ccc(N2CCCC2)c([N+](=O)[O-])c1. The first kappa shape index (κ1) is 22.9. The van der Waals surface area contributed by atoms with Gasteiger partial charge in [0.25, 0.3) is 11.6 Å². The third kappa shape index (κ3) is 5.58. The van der Waals surface area contributed by atoms with Crippen LogP contribution in [0.3, 0.4) is 0 Å². The minimum Gasteiger partial charge on any atom is -0.459 e. The monoisotopic (exact) mass is 528 g/mol. The van der Waals surface area contributed by atoms with Gasteiger partial charge in [-0.2, -0.15) is 0 Å². The van der Waals surface area contributed by atoms with E-state index in [4.69, 9.17) is 16.6 Å². The highest BCUT2D eigenvalue weighted by atomic mass is 79.9. The number of amides is 1. The molecular weight excluding hydrogens is 508 g/mol. The van der Waals surface area contributed by atoms with Crippen LogP contribution in [0.4, 0.5) is 11.4 Å². The number of nitro groups is 1. The molecule has 1 amide bonds. The topological polar surface area (TPSA) is 101 Å². The van der Waals surface area contributed by atoms with Crippen LogP contribution < -0.4 is 15.5 Å². The smallest absolute Gasteiger partial charge is 0.293 e. The van der Waals surface area contributed by atoms with Crippen LogP contribution in [0.15, 0.2) is 63.5 Å². The number of thiocarbonyl (C=S) groups is 1. The van der Waals surface area contributed by atoms with E-state index in [2.05, 4.69) is 26.6 Å². The Kier molecular flexibility index (Phi) is 7.05. The second-order valence-corrected chi connectivity index (χ2v) is 8.89. The molecule has 33 heavy (non-hydrogen) atoms. The molecule has 1 saturated heterocycles. The molecule has 0 unspecified atom stereocenters. The maximum Gasteiger partial charge on any atom is 0.293 e. The number of benzene rings is 2. The number of halogens is 1. The molecule has 1 aliphatic heterocycles. The van der Waals surface area contributed by atoms with Crippen molar-refractivity contribution in [2.24, 2.45) is 0 Å². The Morgan fingerprint density at radius 2 is 1.85 bits per heavy atom. The standard InChI is InChI=1S/C23H21BrN4O4S/c24-17-6-3-15(4-7-17)21-10-8-18(32-21)14-25-23(33)26-22(29)16-5-9-19(20(13-16)28(30)31)27-11-1-2-12-27/h3-10,13H,1-2,11-12,14H2,(H2,25,26,29,33). The van der Waals surface area contributed by atoms with Crippen molar-refractivity contribution < 1.29 is 14.1 Å². The van der Waals surface area contributed by atoms with E-state index >= 15 is 0 Å². The first-order valence-corrected chi connectivity index (χ1v) is 11.6. The van der Waals surface area contributed by atoms with Crippen molar-refractivity contribution in [3.63, 3.8) is 0 Å². The normalized spacial score (nSPS) is 13.1. The summed E-state index contributed by atoms with van der Waals surface area (Å²) in [5, 5.41) is 17.1. The number of nitrogens with zero attached hydrogens (tertiary/aromatic N) is 2. The molecule has 0 saturated carbocycles. The van der Waals surface area contributed by atoms with Gasteiger partial charge in [-0.05, 0) is 61.5 Å². The summed E-state index contributed by atoms with van der Waals surface area (Å²) in [6.07, 6.45) is 2.00. The maximum absolute atomic E-state index is 12.6. The summed E-state index contributed by atoms with van der Waals surface area (Å²) in [6.45, 7) is 1.83. The number of hydrogen-bond donors (Lipinski definition) is 2. The minimum atomic E-state index is -0.515. The lowest BCUT2D eigenvalue weighted by Crippen LogP contribution is -2.38. The second-order valence-electron chi connectivity index (χ2n) is 7.56. The second kappa shape index (κ2) is 10.1. The zero-order valence-electron chi connectivity index (χ0n) is 17.5. The fraction of sp³-hybridized carbons (Fsp3) is 0.217. The van der Waals surface area contributed by atoms with Gasteiger partial charge in [0.1, 0.15) is 17.2 Å². The number of anilines is 1. The van der Waals surface area contributed by atoms with E-state index in [9.17, 15) is 14.9 Å². The summed E-state index contributed by atoms with van der Waals surface area (Å²) in [5.74, 6) is 0.855. The largest absolute Gasteiger partial charge is 0.459 e. The number of furan rings is 1. The fourth-order valence-electron chi connectivity index (χ4n) is 3.67. The molecule has 2 aromatic carbocycles. The van der Waals surface area contributed by atoms with Crippen LogP contribution in [0.2, 0.25) is 0 Å². The minimum absolute atomic E-state index is 0.0838. The van der Waals surface area contributed by atoms with Gasteiger partial charge in [0, 0.05) is 34.8 Å². The number of carbonyl (C=O) groups is 1. The summed E-state index contributed by atoms with van der Waals surface area (Å²) in [5.41, 5.74) is 1.57. The van der Waals surface area contributed by atoms with Crippen molar-refractivity contribution in [1.82, 2.24) is 10.6 Å². The molecule has 0 aliphatic carbocycles. The summed E-state index contributed by atoms with van der Waals surface area (Å²) in [6, 6.07) is 15.9. The number of rotatable bonds is 6. The van der Waals surface area contributed by atoms with E-state index in [0.717, 1.165) is 41.7 Å². The van der Waals surface area contributed by atoms with E-state index in [0.29, 0.717) is 11.4 Å². The van der Waals surface area contributed by atoms with Gasteiger partial charge in [-0.15, -0.1) is 0 Å². The molecule has 0 radical (unpaired) electrons. The average molecular weight is 529 g/mol. The van der Waals surface area contributed by atoms with E-state index in [1.165, 1.54) is 6.07 Å². The van der Waals surface area contributed by atoms with Gasteiger partial charge in [0.2, 0.25) is 0 Å². The van der Waals surface area contributed by atoms with Crippen molar-refractivity contribution in [3.05, 3.63) is 80.5 Å². The fourth-order valence-corrected chi connectivity index (χ4v) is 4.09. The van der Waals surface area contributed by atoms with Crippen molar-refractivity contribution >= 4 is 50.5 Å². The zero-order valence-corrected chi connectivity index (χ0v) is 19.9. The molecule has 1 aliphatic rings. The van der Waals surface area contributed by atoms with E-state index in [-0.39, 0.29) is 22.9 Å². The van der Waals surface area contributed by atoms with Gasteiger partial charge in [-0.1, -0.05) is 28.1 Å². The number of carbonyl (C=O) groups excluding carboxylic acids is 1. The molecule has 170 valence electrons. The van der Waals surface area contributed by atoms with Gasteiger partial charge in [-0.3, -0.25) is 20.2 Å². The molecule has 3 aromatic rings. The molecule has 8 nitrogen and oxygen atoms in total. The van der Waals surface area contributed by atoms with Gasteiger partial charge >= 0.3 is 0 Å². The predicted molar refractivity (Wildman–Crippen MR) is 133 cm³/mol. The third-order valence-electron chi connectivity index (χ3n) is 5.32. The van der Waals surface area contributed by atoms with Crippen molar-refractivity contribution in [3.8, 4) is 11.3 Å². The average Bonchev–Trinajstić information content (AvgIpc) is 3.50. The lowest BCUT2D eigenvalue weighted by Gasteiger charge is -2.18. The highest BCUT2D eigenvalue weighted by molar-refractivity contribution is 9.10. The van der Waals surface area contributed by atoms with Crippen molar-refractivity contribution in [2.45, 2.75) is 19.4 Å². The lowest BCUT2D eigenvalue weighted by atomic mass is 10.1. The van der Waals surface area contributed by atoms with Crippen LogP contribution in [-0.2, 0) is 6.54 Å². The van der Waals surface area contributed by atoms with Crippen LogP contribution in [-0.4, -0.2) is 29.0 Å². The molecule has 2 heterocycles. The summed E-state index contributed by atoms with van der Waals surface area (Å²) < 4.78 is 6.81. The van der Waals surface area contributed by atoms with Gasteiger partial charge < -0.3 is 14.6 Å². The summed E-state index contributed by atoms with van der Waals surface area (Å²) in [4.78, 5) is 25.7. The van der Waals surface area contributed by atoms with Crippen LogP contribution in [0.25, 0.3) is 11.3 Å². The zero-order chi connectivity index (χ0) is 23.4. The molecule has 1 fully saturated rings. The summed E-state index contributed by atoms with van der Waals surface area (Å²) >= 11 is 8.61. The Morgan fingerprint density at radius 1 is 1.12 bits per heavy atom. The third-order valence-corrected chi connectivity index (χ3v) is 6.10. The molecular formula is C23H21BrN4O4S. The molecule has 0 bridgehead atoms. The van der Waals surface area contributed by atoms with Crippen LogP contribution in [0.1, 0.15) is 29.0 Å². The summed E-state index contributed by atoms with van der Waals surface area (Å²) in [7, 11) is 0. The Labute approximate surface area is 204 Å².